The van der Waals surface area contributed by atoms with E-state index >= 15 is 0 Å². The van der Waals surface area contributed by atoms with E-state index < -0.39 is 0 Å². The molecular weight excluding hydrogens is 240 g/mol. The first-order chi connectivity index (χ1) is 8.88. The van der Waals surface area contributed by atoms with E-state index in [1.807, 2.05) is 42.1 Å². The number of thioether (sulfide) groups is 1. The van der Waals surface area contributed by atoms with Crippen LogP contribution in [0.5, 0.6) is 0 Å². The summed E-state index contributed by atoms with van der Waals surface area (Å²) in [5, 5.41) is 0. The summed E-state index contributed by atoms with van der Waals surface area (Å²) >= 11 is 1.87. The highest BCUT2D eigenvalue weighted by molar-refractivity contribution is 7.99. The standard InChI is InChI=1S/C15H18N2S/c1-2-18-15-10-8-13(9-11-15)12-16-17-14-6-4-3-5-7-14/h3-11,16-17H,2,12H2,1H3. The maximum Gasteiger partial charge on any atom is 0.0487 e. The molecule has 2 nitrogen and oxygen atoms in total. The summed E-state index contributed by atoms with van der Waals surface area (Å²) in [6.07, 6.45) is 0. The van der Waals surface area contributed by atoms with Crippen LogP contribution in [0.2, 0.25) is 0 Å². The smallest absolute Gasteiger partial charge is 0.0487 e. The van der Waals surface area contributed by atoms with Gasteiger partial charge in [-0.05, 0) is 35.6 Å². The van der Waals surface area contributed by atoms with Crippen LogP contribution in [0.4, 0.5) is 5.69 Å². The number of nitrogens with one attached hydrogen (secondary N) is 2. The summed E-state index contributed by atoms with van der Waals surface area (Å²) in [5.41, 5.74) is 8.75. The summed E-state index contributed by atoms with van der Waals surface area (Å²) in [7, 11) is 0. The lowest BCUT2D eigenvalue weighted by molar-refractivity contribution is 0.800. The molecule has 0 aliphatic carbocycles. The fraction of sp³-hybridized carbons (Fsp3) is 0.200. The Bertz CT molecular complexity index is 454. The number of hydrazine groups is 1. The van der Waals surface area contributed by atoms with E-state index in [0.29, 0.717) is 0 Å². The Hall–Kier alpha value is -1.45. The molecular formula is C15H18N2S. The second-order valence-corrected chi connectivity index (χ2v) is 5.26. The Balaban J connectivity index is 1.80. The molecule has 0 aliphatic heterocycles. The van der Waals surface area contributed by atoms with Crippen molar-refractivity contribution in [1.29, 1.82) is 0 Å². The third-order valence-electron chi connectivity index (χ3n) is 2.53. The average molecular weight is 258 g/mol. The number of para-hydroxylation sites is 1. The topological polar surface area (TPSA) is 24.1 Å². The Labute approximate surface area is 113 Å². The van der Waals surface area contributed by atoms with Crippen molar-refractivity contribution in [3.05, 3.63) is 60.2 Å². The monoisotopic (exact) mass is 258 g/mol. The minimum absolute atomic E-state index is 0.811. The van der Waals surface area contributed by atoms with Crippen LogP contribution in [0.3, 0.4) is 0 Å². The normalized spacial score (nSPS) is 10.3. The third-order valence-corrected chi connectivity index (χ3v) is 3.43. The van der Waals surface area contributed by atoms with Gasteiger partial charge in [0.25, 0.3) is 0 Å². The average Bonchev–Trinajstić information content (AvgIpc) is 2.42. The van der Waals surface area contributed by atoms with Gasteiger partial charge in [-0.3, -0.25) is 0 Å². The minimum Gasteiger partial charge on any atom is -0.321 e. The molecule has 0 unspecified atom stereocenters. The Morgan fingerprint density at radius 1 is 0.944 bits per heavy atom. The van der Waals surface area contributed by atoms with Gasteiger partial charge in [0.15, 0.2) is 0 Å². The molecule has 2 aromatic carbocycles. The molecule has 18 heavy (non-hydrogen) atoms. The molecule has 94 valence electrons. The van der Waals surface area contributed by atoms with E-state index in [9.17, 15) is 0 Å². The first-order valence-corrected chi connectivity index (χ1v) is 7.12. The highest BCUT2D eigenvalue weighted by Gasteiger charge is 1.94. The molecule has 0 saturated carbocycles. The number of benzene rings is 2. The molecule has 0 spiro atoms. The van der Waals surface area contributed by atoms with Crippen molar-refractivity contribution in [2.75, 3.05) is 11.2 Å². The predicted octanol–water partition coefficient (Wildman–Crippen LogP) is 3.92. The largest absolute Gasteiger partial charge is 0.321 e. The van der Waals surface area contributed by atoms with E-state index in [-0.39, 0.29) is 0 Å². The zero-order chi connectivity index (χ0) is 12.6. The maximum atomic E-state index is 3.21. The van der Waals surface area contributed by atoms with Gasteiger partial charge in [0.2, 0.25) is 0 Å². The predicted molar refractivity (Wildman–Crippen MR) is 79.7 cm³/mol. The van der Waals surface area contributed by atoms with Crippen LogP contribution in [0, 0.1) is 0 Å². The molecule has 0 saturated heterocycles. The lowest BCUT2D eigenvalue weighted by Gasteiger charge is -2.08. The Kier molecular flexibility index (Phi) is 5.12. The zero-order valence-electron chi connectivity index (χ0n) is 10.5. The highest BCUT2D eigenvalue weighted by Crippen LogP contribution is 2.17. The molecule has 2 rings (SSSR count). The van der Waals surface area contributed by atoms with E-state index in [2.05, 4.69) is 42.0 Å². The fourth-order valence-corrected chi connectivity index (χ4v) is 2.30. The molecule has 2 aromatic rings. The van der Waals surface area contributed by atoms with Gasteiger partial charge < -0.3 is 5.43 Å². The van der Waals surface area contributed by atoms with Gasteiger partial charge in [0.05, 0.1) is 0 Å². The van der Waals surface area contributed by atoms with Gasteiger partial charge in [-0.2, -0.15) is 0 Å². The first kappa shape index (κ1) is 13.0. The SMILES string of the molecule is CCSc1ccc(CNNc2ccccc2)cc1. The summed E-state index contributed by atoms with van der Waals surface area (Å²) < 4.78 is 0. The van der Waals surface area contributed by atoms with Crippen molar-refractivity contribution in [3.8, 4) is 0 Å². The van der Waals surface area contributed by atoms with Crippen molar-refractivity contribution < 1.29 is 0 Å². The van der Waals surface area contributed by atoms with Crippen LogP contribution in [-0.4, -0.2) is 5.75 Å². The fourth-order valence-electron chi connectivity index (χ4n) is 1.64. The van der Waals surface area contributed by atoms with Crippen LogP contribution >= 0.6 is 11.8 Å². The number of anilines is 1. The molecule has 0 aliphatic rings. The summed E-state index contributed by atoms with van der Waals surface area (Å²) in [6.45, 7) is 2.98. The van der Waals surface area contributed by atoms with Gasteiger partial charge in [0.1, 0.15) is 0 Å². The molecule has 3 heteroatoms. The van der Waals surface area contributed by atoms with Gasteiger partial charge in [-0.25, -0.2) is 5.43 Å². The Morgan fingerprint density at radius 2 is 1.67 bits per heavy atom. The second kappa shape index (κ2) is 7.09. The molecule has 0 radical (unpaired) electrons. The van der Waals surface area contributed by atoms with E-state index in [4.69, 9.17) is 0 Å². The van der Waals surface area contributed by atoms with Crippen molar-refractivity contribution in [1.82, 2.24) is 5.43 Å². The minimum atomic E-state index is 0.811. The van der Waals surface area contributed by atoms with Gasteiger partial charge >= 0.3 is 0 Å². The van der Waals surface area contributed by atoms with E-state index in [0.717, 1.165) is 18.0 Å². The van der Waals surface area contributed by atoms with Gasteiger partial charge in [0, 0.05) is 17.1 Å². The quantitative estimate of drug-likeness (QED) is 0.606. The number of rotatable bonds is 6. The van der Waals surface area contributed by atoms with Crippen LogP contribution in [0.15, 0.2) is 59.5 Å². The summed E-state index contributed by atoms with van der Waals surface area (Å²) in [5.74, 6) is 1.12. The van der Waals surface area contributed by atoms with Crippen molar-refractivity contribution in [2.45, 2.75) is 18.4 Å². The van der Waals surface area contributed by atoms with E-state index in [1.54, 1.807) is 0 Å². The Morgan fingerprint density at radius 3 is 2.33 bits per heavy atom. The summed E-state index contributed by atoms with van der Waals surface area (Å²) in [6, 6.07) is 18.8. The van der Waals surface area contributed by atoms with Gasteiger partial charge in [-0.1, -0.05) is 37.3 Å². The molecule has 0 heterocycles. The van der Waals surface area contributed by atoms with E-state index in [1.165, 1.54) is 10.5 Å². The van der Waals surface area contributed by atoms with Crippen LogP contribution < -0.4 is 10.9 Å². The van der Waals surface area contributed by atoms with Crippen molar-refractivity contribution >= 4 is 17.4 Å². The number of hydrogen-bond acceptors (Lipinski definition) is 3. The van der Waals surface area contributed by atoms with Crippen LogP contribution in [-0.2, 0) is 6.54 Å². The highest BCUT2D eigenvalue weighted by atomic mass is 32.2. The lowest BCUT2D eigenvalue weighted by atomic mass is 10.2. The van der Waals surface area contributed by atoms with Crippen molar-refractivity contribution in [2.24, 2.45) is 0 Å². The van der Waals surface area contributed by atoms with Crippen LogP contribution in [0.1, 0.15) is 12.5 Å². The van der Waals surface area contributed by atoms with Gasteiger partial charge in [-0.15, -0.1) is 11.8 Å². The molecule has 0 atom stereocenters. The lowest BCUT2D eigenvalue weighted by Crippen LogP contribution is -2.20. The summed E-state index contributed by atoms with van der Waals surface area (Å²) in [4.78, 5) is 1.33. The van der Waals surface area contributed by atoms with Crippen LogP contribution in [0.25, 0.3) is 0 Å². The molecule has 2 N–H and O–H groups in total. The maximum absolute atomic E-state index is 3.21. The second-order valence-electron chi connectivity index (χ2n) is 3.92. The molecule has 0 amide bonds. The molecule has 0 fully saturated rings. The third kappa shape index (κ3) is 4.09. The van der Waals surface area contributed by atoms with Crippen molar-refractivity contribution in [3.63, 3.8) is 0 Å². The molecule has 0 bridgehead atoms. The number of hydrogen-bond donors (Lipinski definition) is 2. The molecule has 0 aromatic heterocycles. The first-order valence-electron chi connectivity index (χ1n) is 6.14. The zero-order valence-corrected chi connectivity index (χ0v) is 11.3.